The summed E-state index contributed by atoms with van der Waals surface area (Å²) in [5.74, 6) is 0. The van der Waals surface area contributed by atoms with Crippen LogP contribution >= 0.6 is 0 Å². The number of aryl methyl sites for hydroxylation is 1. The van der Waals surface area contributed by atoms with E-state index in [1.807, 2.05) is 0 Å². The molecule has 0 amide bonds. The van der Waals surface area contributed by atoms with Gasteiger partial charge < -0.3 is 9.80 Å². The highest BCUT2D eigenvalue weighted by Gasteiger charge is 2.26. The Labute approximate surface area is 116 Å². The molecule has 0 aromatic heterocycles. The number of benzene rings is 1. The topological polar surface area (TPSA) is 30.3 Å². The molecule has 2 unspecified atom stereocenters. The highest BCUT2D eigenvalue weighted by molar-refractivity contribution is 5.50. The lowest BCUT2D eigenvalue weighted by atomic mass is 10.1. The van der Waals surface area contributed by atoms with Crippen molar-refractivity contribution in [3.8, 4) is 6.07 Å². The molecule has 1 fully saturated rings. The zero-order chi connectivity index (χ0) is 13.8. The van der Waals surface area contributed by atoms with Crippen molar-refractivity contribution >= 4 is 5.69 Å². The summed E-state index contributed by atoms with van der Waals surface area (Å²) in [5, 5.41) is 9.09. The van der Waals surface area contributed by atoms with Crippen LogP contribution in [-0.2, 0) is 0 Å². The lowest BCUT2D eigenvalue weighted by Gasteiger charge is -2.31. The van der Waals surface area contributed by atoms with Gasteiger partial charge in [-0.2, -0.15) is 5.26 Å². The van der Waals surface area contributed by atoms with E-state index in [2.05, 4.69) is 61.0 Å². The second kappa shape index (κ2) is 6.08. The van der Waals surface area contributed by atoms with Gasteiger partial charge in [0.15, 0.2) is 0 Å². The molecule has 0 bridgehead atoms. The summed E-state index contributed by atoms with van der Waals surface area (Å²) in [6, 6.07) is 11.8. The average molecular weight is 257 g/mol. The molecule has 2 atom stereocenters. The van der Waals surface area contributed by atoms with Gasteiger partial charge in [0, 0.05) is 24.8 Å². The largest absolute Gasteiger partial charge is 0.366 e. The quantitative estimate of drug-likeness (QED) is 0.816. The first-order valence-corrected chi connectivity index (χ1v) is 7.02. The molecule has 1 aliphatic rings. The molecule has 1 aromatic rings. The summed E-state index contributed by atoms with van der Waals surface area (Å²) in [4.78, 5) is 4.79. The predicted octanol–water partition coefficient (Wildman–Crippen LogP) is 2.81. The van der Waals surface area contributed by atoms with Gasteiger partial charge in [0.25, 0.3) is 0 Å². The van der Waals surface area contributed by atoms with E-state index in [4.69, 9.17) is 5.26 Å². The van der Waals surface area contributed by atoms with Crippen LogP contribution in [0.3, 0.4) is 0 Å². The molecule has 3 nitrogen and oxygen atoms in total. The van der Waals surface area contributed by atoms with Crippen LogP contribution < -0.4 is 4.90 Å². The molecule has 0 aliphatic carbocycles. The van der Waals surface area contributed by atoms with Crippen LogP contribution in [0.15, 0.2) is 24.3 Å². The minimum absolute atomic E-state index is 0.293. The molecular weight excluding hydrogens is 234 g/mol. The highest BCUT2D eigenvalue weighted by atomic mass is 15.2. The molecule has 0 saturated carbocycles. The Bertz CT molecular complexity index is 463. The zero-order valence-corrected chi connectivity index (χ0v) is 12.1. The summed E-state index contributed by atoms with van der Waals surface area (Å²) >= 11 is 0. The van der Waals surface area contributed by atoms with Crippen LogP contribution in [-0.4, -0.2) is 37.1 Å². The van der Waals surface area contributed by atoms with Crippen molar-refractivity contribution in [2.45, 2.75) is 38.8 Å². The monoisotopic (exact) mass is 257 g/mol. The Balaban J connectivity index is 2.27. The van der Waals surface area contributed by atoms with Gasteiger partial charge in [-0.1, -0.05) is 12.1 Å². The molecule has 1 saturated heterocycles. The van der Waals surface area contributed by atoms with E-state index < -0.39 is 0 Å². The fraction of sp³-hybridized carbons (Fsp3) is 0.562. The van der Waals surface area contributed by atoms with Gasteiger partial charge >= 0.3 is 0 Å². The van der Waals surface area contributed by atoms with Gasteiger partial charge in [-0.15, -0.1) is 0 Å². The van der Waals surface area contributed by atoms with Crippen LogP contribution in [0, 0.1) is 18.3 Å². The van der Waals surface area contributed by atoms with Crippen LogP contribution in [0.2, 0.25) is 0 Å². The van der Waals surface area contributed by atoms with Crippen molar-refractivity contribution in [3.63, 3.8) is 0 Å². The van der Waals surface area contributed by atoms with Crippen molar-refractivity contribution in [1.29, 1.82) is 5.26 Å². The number of rotatable bonds is 2. The molecule has 19 heavy (non-hydrogen) atoms. The molecular formula is C16H23N3. The van der Waals surface area contributed by atoms with E-state index in [0.717, 1.165) is 19.5 Å². The number of anilines is 1. The van der Waals surface area contributed by atoms with Crippen LogP contribution in [0.4, 0.5) is 5.69 Å². The third kappa shape index (κ3) is 3.27. The summed E-state index contributed by atoms with van der Waals surface area (Å²) in [7, 11) is 2.16. The number of hydrogen-bond acceptors (Lipinski definition) is 3. The van der Waals surface area contributed by atoms with Crippen LogP contribution in [0.25, 0.3) is 0 Å². The maximum atomic E-state index is 9.09. The normalized spacial score (nSPS) is 24.8. The van der Waals surface area contributed by atoms with E-state index in [0.29, 0.717) is 18.5 Å². The first-order valence-electron chi connectivity index (χ1n) is 7.02. The minimum atomic E-state index is 0.293. The molecule has 0 N–H and O–H groups in total. The van der Waals surface area contributed by atoms with Gasteiger partial charge in [-0.25, -0.2) is 0 Å². The molecule has 2 rings (SSSR count). The predicted molar refractivity (Wildman–Crippen MR) is 79.3 cm³/mol. The van der Waals surface area contributed by atoms with E-state index in [1.165, 1.54) is 11.3 Å². The van der Waals surface area contributed by atoms with E-state index in [9.17, 15) is 0 Å². The van der Waals surface area contributed by atoms with Gasteiger partial charge in [-0.3, -0.25) is 0 Å². The average Bonchev–Trinajstić information content (AvgIpc) is 2.51. The fourth-order valence-corrected chi connectivity index (χ4v) is 2.77. The lowest BCUT2D eigenvalue weighted by molar-refractivity contribution is 0.255. The second-order valence-electron chi connectivity index (χ2n) is 5.63. The molecule has 1 aliphatic heterocycles. The minimum Gasteiger partial charge on any atom is -0.366 e. The maximum Gasteiger partial charge on any atom is 0.0643 e. The number of likely N-dealkylation sites (N-methyl/N-ethyl adjacent to an activating group) is 1. The molecule has 3 heteroatoms. The number of hydrogen-bond donors (Lipinski definition) is 0. The van der Waals surface area contributed by atoms with Crippen LogP contribution in [0.5, 0.6) is 0 Å². The number of nitrogens with zero attached hydrogens (tertiary/aromatic N) is 3. The molecule has 0 radical (unpaired) electrons. The molecule has 0 spiro atoms. The summed E-state index contributed by atoms with van der Waals surface area (Å²) in [6.07, 6.45) is 1.73. The standard InChI is InChI=1S/C16H23N3/c1-13-5-4-6-15(11-13)19-10-8-14(2)18(3)12-16(19)7-9-17/h4-6,11,14,16H,7-8,10,12H2,1-3H3. The van der Waals surface area contributed by atoms with Crippen molar-refractivity contribution in [2.75, 3.05) is 25.0 Å². The highest BCUT2D eigenvalue weighted by Crippen LogP contribution is 2.24. The SMILES string of the molecule is Cc1cccc(N2CCC(C)N(C)CC2CC#N)c1. The Hall–Kier alpha value is -1.53. The van der Waals surface area contributed by atoms with Gasteiger partial charge in [0.1, 0.15) is 0 Å². The van der Waals surface area contributed by atoms with E-state index in [-0.39, 0.29) is 0 Å². The summed E-state index contributed by atoms with van der Waals surface area (Å²) in [5.41, 5.74) is 2.53. The maximum absolute atomic E-state index is 9.09. The zero-order valence-electron chi connectivity index (χ0n) is 12.1. The second-order valence-corrected chi connectivity index (χ2v) is 5.63. The summed E-state index contributed by atoms with van der Waals surface area (Å²) in [6.45, 7) is 6.38. The third-order valence-corrected chi connectivity index (χ3v) is 4.14. The summed E-state index contributed by atoms with van der Waals surface area (Å²) < 4.78 is 0. The van der Waals surface area contributed by atoms with Gasteiger partial charge in [0.2, 0.25) is 0 Å². The smallest absolute Gasteiger partial charge is 0.0643 e. The molecule has 1 aromatic carbocycles. The van der Waals surface area contributed by atoms with E-state index >= 15 is 0 Å². The Morgan fingerprint density at radius 3 is 2.89 bits per heavy atom. The van der Waals surface area contributed by atoms with Gasteiger partial charge in [0.05, 0.1) is 18.5 Å². The van der Waals surface area contributed by atoms with Crippen molar-refractivity contribution in [2.24, 2.45) is 0 Å². The first kappa shape index (κ1) is 13.9. The van der Waals surface area contributed by atoms with Crippen molar-refractivity contribution in [3.05, 3.63) is 29.8 Å². The van der Waals surface area contributed by atoms with Crippen LogP contribution in [0.1, 0.15) is 25.3 Å². The Kier molecular flexibility index (Phi) is 4.44. The van der Waals surface area contributed by atoms with Crippen molar-refractivity contribution < 1.29 is 0 Å². The molecule has 102 valence electrons. The first-order chi connectivity index (χ1) is 9.11. The molecule has 1 heterocycles. The fourth-order valence-electron chi connectivity index (χ4n) is 2.77. The Morgan fingerprint density at radius 1 is 1.42 bits per heavy atom. The van der Waals surface area contributed by atoms with E-state index in [1.54, 1.807) is 0 Å². The third-order valence-electron chi connectivity index (χ3n) is 4.14. The lowest BCUT2D eigenvalue weighted by Crippen LogP contribution is -2.40. The van der Waals surface area contributed by atoms with Crippen molar-refractivity contribution in [1.82, 2.24) is 4.90 Å². The van der Waals surface area contributed by atoms with Gasteiger partial charge in [-0.05, 0) is 45.0 Å². The number of nitriles is 1. The Morgan fingerprint density at radius 2 is 2.21 bits per heavy atom.